The highest BCUT2D eigenvalue weighted by molar-refractivity contribution is 5.82. The number of fused-ring (bicyclic) bond motifs is 1. The minimum Gasteiger partial charge on any atom is -0.391 e. The Morgan fingerprint density at radius 2 is 2.39 bits per heavy atom. The minimum absolute atomic E-state index is 0.275. The molecule has 0 spiro atoms. The van der Waals surface area contributed by atoms with Crippen molar-refractivity contribution in [2.24, 2.45) is 0 Å². The van der Waals surface area contributed by atoms with Crippen LogP contribution < -0.4 is 0 Å². The van der Waals surface area contributed by atoms with Gasteiger partial charge in [0.1, 0.15) is 6.07 Å². The molecule has 3 rings (SSSR count). The van der Waals surface area contributed by atoms with E-state index in [0.29, 0.717) is 12.1 Å². The summed E-state index contributed by atoms with van der Waals surface area (Å²) in [5.41, 5.74) is 3.64. The highest BCUT2D eigenvalue weighted by Crippen LogP contribution is 2.33. The van der Waals surface area contributed by atoms with Gasteiger partial charge in [0.2, 0.25) is 0 Å². The topological polar surface area (TPSA) is 60.2 Å². The molecule has 1 aromatic rings. The number of hydrogen-bond donors (Lipinski definition) is 1. The lowest BCUT2D eigenvalue weighted by molar-refractivity contribution is 0.0875. The summed E-state index contributed by atoms with van der Waals surface area (Å²) in [4.78, 5) is 6.45. The molecule has 18 heavy (non-hydrogen) atoms. The summed E-state index contributed by atoms with van der Waals surface area (Å²) in [6, 6.07) is 6.20. The van der Waals surface area contributed by atoms with E-state index in [4.69, 9.17) is 0 Å². The number of nitrogens with zero attached hydrogens (tertiary/aromatic N) is 3. The second-order valence-electron chi connectivity index (χ2n) is 4.86. The number of nitriles is 1. The average molecular weight is 241 g/mol. The molecule has 0 amide bonds. The van der Waals surface area contributed by atoms with Gasteiger partial charge in [-0.3, -0.25) is 4.98 Å². The van der Waals surface area contributed by atoms with Crippen molar-refractivity contribution in [1.82, 2.24) is 9.88 Å². The van der Waals surface area contributed by atoms with Crippen molar-refractivity contribution < 1.29 is 5.11 Å². The third-order valence-electron chi connectivity index (χ3n) is 3.66. The molecule has 4 nitrogen and oxygen atoms in total. The monoisotopic (exact) mass is 241 g/mol. The quantitative estimate of drug-likeness (QED) is 0.805. The third-order valence-corrected chi connectivity index (χ3v) is 3.66. The van der Waals surface area contributed by atoms with Crippen molar-refractivity contribution in [2.75, 3.05) is 13.1 Å². The third kappa shape index (κ3) is 1.77. The molecular weight excluding hydrogens is 226 g/mol. The van der Waals surface area contributed by atoms with Gasteiger partial charge in [-0.15, -0.1) is 0 Å². The number of allylic oxidation sites excluding steroid dienone is 2. The number of aliphatic hydroxyl groups excluding tert-OH is 1. The lowest BCUT2D eigenvalue weighted by Gasteiger charge is -2.33. The lowest BCUT2D eigenvalue weighted by Crippen LogP contribution is -2.37. The molecular formula is C14H15N3O. The van der Waals surface area contributed by atoms with Crippen molar-refractivity contribution in [1.29, 1.82) is 5.26 Å². The van der Waals surface area contributed by atoms with Crippen LogP contribution in [-0.2, 0) is 6.42 Å². The summed E-state index contributed by atoms with van der Waals surface area (Å²) in [7, 11) is 0. The van der Waals surface area contributed by atoms with E-state index < -0.39 is 0 Å². The number of pyridine rings is 1. The second-order valence-corrected chi connectivity index (χ2v) is 4.86. The van der Waals surface area contributed by atoms with Crippen LogP contribution >= 0.6 is 0 Å². The van der Waals surface area contributed by atoms with Gasteiger partial charge in [0, 0.05) is 31.4 Å². The van der Waals surface area contributed by atoms with Crippen molar-refractivity contribution in [2.45, 2.75) is 25.4 Å². The van der Waals surface area contributed by atoms with E-state index in [1.807, 2.05) is 12.1 Å². The Morgan fingerprint density at radius 1 is 1.50 bits per heavy atom. The first-order valence-corrected chi connectivity index (χ1v) is 6.30. The zero-order valence-electron chi connectivity index (χ0n) is 10.1. The van der Waals surface area contributed by atoms with Gasteiger partial charge in [-0.1, -0.05) is 6.07 Å². The summed E-state index contributed by atoms with van der Waals surface area (Å²) in [5, 5.41) is 19.1. The van der Waals surface area contributed by atoms with E-state index in [-0.39, 0.29) is 6.10 Å². The molecule has 1 aromatic heterocycles. The van der Waals surface area contributed by atoms with Gasteiger partial charge in [-0.05, 0) is 24.5 Å². The molecule has 2 aliphatic rings. The number of hydrogen-bond acceptors (Lipinski definition) is 4. The lowest BCUT2D eigenvalue weighted by atomic mass is 10.1. The summed E-state index contributed by atoms with van der Waals surface area (Å²) in [6.07, 6.45) is 4.05. The molecule has 1 fully saturated rings. The summed E-state index contributed by atoms with van der Waals surface area (Å²) >= 11 is 0. The van der Waals surface area contributed by atoms with Crippen molar-refractivity contribution >= 4 is 5.57 Å². The molecule has 0 radical (unpaired) electrons. The smallest absolute Gasteiger partial charge is 0.103 e. The first kappa shape index (κ1) is 11.2. The first-order chi connectivity index (χ1) is 8.79. The van der Waals surface area contributed by atoms with Crippen LogP contribution in [0.4, 0.5) is 0 Å². The second kappa shape index (κ2) is 4.43. The molecule has 1 saturated heterocycles. The molecule has 1 aliphatic heterocycles. The molecule has 0 saturated carbocycles. The van der Waals surface area contributed by atoms with E-state index in [0.717, 1.165) is 42.8 Å². The van der Waals surface area contributed by atoms with E-state index >= 15 is 0 Å². The Morgan fingerprint density at radius 3 is 3.17 bits per heavy atom. The predicted octanol–water partition coefficient (Wildman–Crippen LogP) is 1.33. The zero-order chi connectivity index (χ0) is 12.5. The summed E-state index contributed by atoms with van der Waals surface area (Å²) in [5.74, 6) is 0. The van der Waals surface area contributed by atoms with Crippen LogP contribution in [0.1, 0.15) is 24.1 Å². The van der Waals surface area contributed by atoms with Crippen molar-refractivity contribution in [3.63, 3.8) is 0 Å². The van der Waals surface area contributed by atoms with Gasteiger partial charge in [0.05, 0.1) is 17.4 Å². The Hall–Kier alpha value is -1.86. The molecule has 0 bridgehead atoms. The van der Waals surface area contributed by atoms with Crippen LogP contribution in [-0.4, -0.2) is 34.2 Å². The molecule has 2 heterocycles. The predicted molar refractivity (Wildman–Crippen MR) is 67.3 cm³/mol. The van der Waals surface area contributed by atoms with Crippen LogP contribution in [0.3, 0.4) is 0 Å². The maximum absolute atomic E-state index is 9.75. The van der Waals surface area contributed by atoms with Gasteiger partial charge >= 0.3 is 0 Å². The van der Waals surface area contributed by atoms with Gasteiger partial charge < -0.3 is 10.0 Å². The van der Waals surface area contributed by atoms with E-state index in [1.54, 1.807) is 6.20 Å². The average Bonchev–Trinajstić information content (AvgIpc) is 2.77. The maximum atomic E-state index is 9.75. The normalized spacial score (nSPS) is 22.9. The van der Waals surface area contributed by atoms with Crippen LogP contribution in [0.15, 0.2) is 24.0 Å². The number of rotatable bonds is 1. The largest absolute Gasteiger partial charge is 0.391 e. The number of aromatic nitrogens is 1. The van der Waals surface area contributed by atoms with Gasteiger partial charge in [0.15, 0.2) is 0 Å². The number of aliphatic hydroxyl groups is 1. The molecule has 0 unspecified atom stereocenters. The number of β-amino-alcohol motifs (C(OH)–C–C–N with tert-alkyl or cyclic N) is 1. The molecule has 1 atom stereocenters. The van der Waals surface area contributed by atoms with Gasteiger partial charge in [-0.2, -0.15) is 5.26 Å². The fourth-order valence-corrected chi connectivity index (χ4v) is 2.80. The molecule has 92 valence electrons. The van der Waals surface area contributed by atoms with Gasteiger partial charge in [0.25, 0.3) is 0 Å². The van der Waals surface area contributed by atoms with Crippen molar-refractivity contribution in [3.05, 3.63) is 35.3 Å². The van der Waals surface area contributed by atoms with Gasteiger partial charge in [-0.25, -0.2) is 0 Å². The molecule has 1 aliphatic carbocycles. The standard InChI is InChI=1S/C14H15N3O/c15-8-12-13(17-6-2-4-11(18)9-17)7-10-3-1-5-16-14(10)12/h1,3,5,11,18H,2,4,6-7,9H2/t11-/m1/s1. The summed E-state index contributed by atoms with van der Waals surface area (Å²) in [6.45, 7) is 1.56. The fourth-order valence-electron chi connectivity index (χ4n) is 2.80. The molecule has 1 N–H and O–H groups in total. The Balaban J connectivity index is 1.96. The Bertz CT molecular complexity index is 544. The van der Waals surface area contributed by atoms with E-state index in [2.05, 4.69) is 16.0 Å². The number of likely N-dealkylation sites (tertiary alicyclic amines) is 1. The van der Waals surface area contributed by atoms with Crippen LogP contribution in [0.25, 0.3) is 5.57 Å². The molecule has 0 aromatic carbocycles. The number of piperidine rings is 1. The Kier molecular flexibility index (Phi) is 2.77. The molecule has 4 heteroatoms. The first-order valence-electron chi connectivity index (χ1n) is 6.30. The van der Waals surface area contributed by atoms with E-state index in [9.17, 15) is 10.4 Å². The highest BCUT2D eigenvalue weighted by Gasteiger charge is 2.29. The zero-order valence-corrected chi connectivity index (χ0v) is 10.1. The summed E-state index contributed by atoms with van der Waals surface area (Å²) < 4.78 is 0. The van der Waals surface area contributed by atoms with Crippen molar-refractivity contribution in [3.8, 4) is 6.07 Å². The highest BCUT2D eigenvalue weighted by atomic mass is 16.3. The maximum Gasteiger partial charge on any atom is 0.103 e. The fraction of sp³-hybridized carbons (Fsp3) is 0.429. The Labute approximate surface area is 106 Å². The van der Waals surface area contributed by atoms with E-state index in [1.165, 1.54) is 0 Å². The minimum atomic E-state index is -0.275. The van der Waals surface area contributed by atoms with Crippen LogP contribution in [0, 0.1) is 11.3 Å². The van der Waals surface area contributed by atoms with Crippen LogP contribution in [0.5, 0.6) is 0 Å². The van der Waals surface area contributed by atoms with Crippen LogP contribution in [0.2, 0.25) is 0 Å². The SMILES string of the molecule is N#CC1=C(N2CCC[C@@H](O)C2)Cc2cccnc21.